The molecule has 0 saturated heterocycles. The van der Waals surface area contributed by atoms with Gasteiger partial charge >= 0.3 is 0 Å². The monoisotopic (exact) mass is 283 g/mol. The predicted molar refractivity (Wildman–Crippen MR) is 67.6 cm³/mol. The van der Waals surface area contributed by atoms with Crippen molar-refractivity contribution in [2.75, 3.05) is 12.8 Å². The molecule has 1 aromatic carbocycles. The van der Waals surface area contributed by atoms with Gasteiger partial charge in [-0.15, -0.1) is 0 Å². The average molecular weight is 283 g/mol. The van der Waals surface area contributed by atoms with Crippen LogP contribution in [0.4, 0.5) is 14.6 Å². The molecule has 0 bridgehead atoms. The molecular weight excluding hydrogens is 272 g/mol. The summed E-state index contributed by atoms with van der Waals surface area (Å²) in [6.07, 6.45) is 0. The fourth-order valence-electron chi connectivity index (χ4n) is 1.41. The minimum absolute atomic E-state index is 0.140. The van der Waals surface area contributed by atoms with Crippen LogP contribution in [0.3, 0.4) is 0 Å². The maximum absolute atomic E-state index is 13.5. The normalized spacial score (nSPS) is 10.7. The van der Waals surface area contributed by atoms with E-state index in [1.54, 1.807) is 0 Å². The van der Waals surface area contributed by atoms with Crippen LogP contribution in [0.25, 0.3) is 0 Å². The van der Waals surface area contributed by atoms with Crippen molar-refractivity contribution in [3.8, 4) is 0 Å². The summed E-state index contributed by atoms with van der Waals surface area (Å²) in [6.45, 7) is 0.199. The van der Waals surface area contributed by atoms with Crippen LogP contribution in [0.5, 0.6) is 0 Å². The van der Waals surface area contributed by atoms with Gasteiger partial charge < -0.3 is 10.5 Å². The second-order valence-electron chi connectivity index (χ2n) is 3.66. The molecule has 4 nitrogen and oxygen atoms in total. The molecule has 100 valence electrons. The lowest BCUT2D eigenvalue weighted by Crippen LogP contribution is -2.02. The lowest BCUT2D eigenvalue weighted by atomic mass is 10.3. The number of hydrogen-bond acceptors (Lipinski definition) is 5. The zero-order valence-electron chi connectivity index (χ0n) is 10.1. The molecule has 0 amide bonds. The van der Waals surface area contributed by atoms with Gasteiger partial charge in [-0.2, -0.15) is 0 Å². The van der Waals surface area contributed by atoms with E-state index < -0.39 is 11.6 Å². The summed E-state index contributed by atoms with van der Waals surface area (Å²) in [5, 5.41) is 0.434. The summed E-state index contributed by atoms with van der Waals surface area (Å²) in [6, 6.07) is 4.73. The van der Waals surface area contributed by atoms with E-state index in [1.807, 2.05) is 0 Å². The van der Waals surface area contributed by atoms with Crippen molar-refractivity contribution in [1.82, 2.24) is 9.97 Å². The Balaban J connectivity index is 2.29. The Kier molecular flexibility index (Phi) is 4.28. The molecule has 0 fully saturated rings. The predicted octanol–water partition coefficient (Wildman–Crippen LogP) is 2.63. The summed E-state index contributed by atoms with van der Waals surface area (Å²) in [5.74, 6) is -0.386. The molecule has 0 radical (unpaired) electrons. The number of ether oxygens (including phenoxy) is 1. The first-order valence-corrected chi connectivity index (χ1v) is 6.15. The fourth-order valence-corrected chi connectivity index (χ4v) is 2.30. The molecule has 19 heavy (non-hydrogen) atoms. The van der Waals surface area contributed by atoms with Crippen molar-refractivity contribution in [3.05, 3.63) is 41.7 Å². The summed E-state index contributed by atoms with van der Waals surface area (Å²) >= 11 is 0.981. The quantitative estimate of drug-likeness (QED) is 0.874. The Morgan fingerprint density at radius 2 is 2.05 bits per heavy atom. The van der Waals surface area contributed by atoms with E-state index in [1.165, 1.54) is 13.2 Å². The van der Waals surface area contributed by atoms with Gasteiger partial charge in [0.2, 0.25) is 0 Å². The molecule has 0 aliphatic heterocycles. The Morgan fingerprint density at radius 1 is 1.26 bits per heavy atom. The molecule has 2 rings (SSSR count). The van der Waals surface area contributed by atoms with E-state index in [0.717, 1.165) is 30.0 Å². The van der Waals surface area contributed by atoms with Gasteiger partial charge in [-0.25, -0.2) is 18.7 Å². The number of aromatic nitrogens is 2. The number of methoxy groups -OCH3 is 1. The van der Waals surface area contributed by atoms with Crippen LogP contribution >= 0.6 is 11.8 Å². The third-order valence-corrected chi connectivity index (χ3v) is 3.10. The van der Waals surface area contributed by atoms with Gasteiger partial charge in [-0.3, -0.25) is 0 Å². The van der Waals surface area contributed by atoms with Crippen molar-refractivity contribution in [3.63, 3.8) is 0 Å². The maximum Gasteiger partial charge on any atom is 0.157 e. The maximum atomic E-state index is 13.5. The fraction of sp³-hybridized carbons (Fsp3) is 0.167. The SMILES string of the molecule is COCc1nc(N)cc(Sc2cc(F)ccc2F)n1. The third kappa shape index (κ3) is 3.62. The first kappa shape index (κ1) is 13.7. The smallest absolute Gasteiger partial charge is 0.157 e. The highest BCUT2D eigenvalue weighted by Crippen LogP contribution is 2.29. The molecule has 1 heterocycles. The number of hydrogen-bond donors (Lipinski definition) is 1. The summed E-state index contributed by atoms with van der Waals surface area (Å²) in [7, 11) is 1.51. The first-order valence-electron chi connectivity index (χ1n) is 5.34. The standard InChI is InChI=1S/C12H11F2N3OS/c1-18-6-11-16-10(15)5-12(17-11)19-9-4-7(13)2-3-8(9)14/h2-5H,6H2,1H3,(H2,15,16,17). The summed E-state index contributed by atoms with van der Waals surface area (Å²) in [5.41, 5.74) is 5.62. The highest BCUT2D eigenvalue weighted by Gasteiger charge is 2.09. The Labute approximate surface area is 113 Å². The van der Waals surface area contributed by atoms with E-state index in [2.05, 4.69) is 9.97 Å². The molecule has 0 spiro atoms. The van der Waals surface area contributed by atoms with Gasteiger partial charge in [0.15, 0.2) is 5.82 Å². The van der Waals surface area contributed by atoms with Crippen molar-refractivity contribution < 1.29 is 13.5 Å². The molecule has 0 atom stereocenters. The summed E-state index contributed by atoms with van der Waals surface area (Å²) < 4.78 is 31.5. The van der Waals surface area contributed by atoms with Crippen LogP contribution in [-0.4, -0.2) is 17.1 Å². The Hall–Kier alpha value is -1.73. The van der Waals surface area contributed by atoms with E-state index in [0.29, 0.717) is 10.9 Å². The number of nitrogens with zero attached hydrogens (tertiary/aromatic N) is 2. The molecule has 0 unspecified atom stereocenters. The van der Waals surface area contributed by atoms with Gasteiger partial charge in [0.05, 0.1) is 4.90 Å². The minimum Gasteiger partial charge on any atom is -0.384 e. The van der Waals surface area contributed by atoms with Gasteiger partial charge in [-0.1, -0.05) is 11.8 Å². The number of halogens is 2. The zero-order valence-corrected chi connectivity index (χ0v) is 10.9. The van der Waals surface area contributed by atoms with E-state index in [9.17, 15) is 8.78 Å². The average Bonchev–Trinajstić information content (AvgIpc) is 2.33. The van der Waals surface area contributed by atoms with Crippen molar-refractivity contribution >= 4 is 17.6 Å². The highest BCUT2D eigenvalue weighted by atomic mass is 32.2. The van der Waals surface area contributed by atoms with E-state index in [4.69, 9.17) is 10.5 Å². The van der Waals surface area contributed by atoms with Crippen molar-refractivity contribution in [2.45, 2.75) is 16.5 Å². The molecule has 0 aliphatic rings. The molecule has 7 heteroatoms. The zero-order chi connectivity index (χ0) is 13.8. The van der Waals surface area contributed by atoms with E-state index >= 15 is 0 Å². The van der Waals surface area contributed by atoms with Gasteiger partial charge in [0.25, 0.3) is 0 Å². The number of nitrogen functional groups attached to an aromatic ring is 1. The number of rotatable bonds is 4. The molecule has 2 N–H and O–H groups in total. The summed E-state index contributed by atoms with van der Waals surface area (Å²) in [4.78, 5) is 8.25. The van der Waals surface area contributed by atoms with Crippen molar-refractivity contribution in [1.29, 1.82) is 0 Å². The number of anilines is 1. The lowest BCUT2D eigenvalue weighted by molar-refractivity contribution is 0.177. The van der Waals surface area contributed by atoms with Crippen LogP contribution < -0.4 is 5.73 Å². The second-order valence-corrected chi connectivity index (χ2v) is 4.72. The third-order valence-electron chi connectivity index (χ3n) is 2.15. The highest BCUT2D eigenvalue weighted by molar-refractivity contribution is 7.99. The lowest BCUT2D eigenvalue weighted by Gasteiger charge is -2.06. The van der Waals surface area contributed by atoms with Crippen molar-refractivity contribution in [2.24, 2.45) is 0 Å². The molecule has 2 aromatic rings. The number of benzene rings is 1. The van der Waals surface area contributed by atoms with Crippen LogP contribution in [0.2, 0.25) is 0 Å². The second kappa shape index (κ2) is 5.94. The van der Waals surface area contributed by atoms with Crippen LogP contribution in [0.1, 0.15) is 5.82 Å². The van der Waals surface area contributed by atoms with E-state index in [-0.39, 0.29) is 17.3 Å². The van der Waals surface area contributed by atoms with Gasteiger partial charge in [0, 0.05) is 13.2 Å². The molecule has 0 saturated carbocycles. The van der Waals surface area contributed by atoms with Crippen LogP contribution in [-0.2, 0) is 11.3 Å². The minimum atomic E-state index is -0.517. The van der Waals surface area contributed by atoms with Crippen LogP contribution in [0, 0.1) is 11.6 Å². The molecule has 1 aromatic heterocycles. The van der Waals surface area contributed by atoms with Crippen LogP contribution in [0.15, 0.2) is 34.2 Å². The largest absolute Gasteiger partial charge is 0.384 e. The molecule has 0 aliphatic carbocycles. The Bertz CT molecular complexity index is 595. The number of nitrogens with two attached hydrogens (primary N) is 1. The Morgan fingerprint density at radius 3 is 2.79 bits per heavy atom. The molecular formula is C12H11F2N3OS. The van der Waals surface area contributed by atoms with Gasteiger partial charge in [-0.05, 0) is 18.2 Å². The first-order chi connectivity index (χ1) is 9.08. The topological polar surface area (TPSA) is 61.0 Å². The van der Waals surface area contributed by atoms with Gasteiger partial charge in [0.1, 0.15) is 29.1 Å².